The molecule has 1 N–H and O–H groups in total. The number of aliphatic hydroxyl groups is 1. The zero-order valence-electron chi connectivity index (χ0n) is 13.2. The summed E-state index contributed by atoms with van der Waals surface area (Å²) >= 11 is 1.63. The average molecular weight is 318 g/mol. The number of fused-ring (bicyclic) bond motifs is 1. The van der Waals surface area contributed by atoms with Gasteiger partial charge in [-0.25, -0.2) is 4.98 Å². The number of rotatable bonds is 5. The molecule has 118 valence electrons. The monoisotopic (exact) mass is 318 g/mol. The fraction of sp³-hybridized carbons (Fsp3) is 0.471. The van der Waals surface area contributed by atoms with Gasteiger partial charge in [0.15, 0.2) is 0 Å². The zero-order chi connectivity index (χ0) is 15.7. The van der Waals surface area contributed by atoms with Crippen LogP contribution in [0.4, 0.5) is 0 Å². The van der Waals surface area contributed by atoms with E-state index in [9.17, 15) is 5.11 Å². The summed E-state index contributed by atoms with van der Waals surface area (Å²) in [6, 6.07) is 8.26. The Kier molecular flexibility index (Phi) is 4.59. The van der Waals surface area contributed by atoms with E-state index in [1.165, 1.54) is 5.56 Å². The smallest absolute Gasteiger partial charge is 0.122 e. The summed E-state index contributed by atoms with van der Waals surface area (Å²) in [4.78, 5) is 6.83. The van der Waals surface area contributed by atoms with Crippen LogP contribution in [0.25, 0.3) is 0 Å². The van der Waals surface area contributed by atoms with Gasteiger partial charge >= 0.3 is 0 Å². The number of hydrogen-bond donors (Lipinski definition) is 1. The Balaban J connectivity index is 1.68. The highest BCUT2D eigenvalue weighted by Gasteiger charge is 2.33. The average Bonchev–Trinajstić information content (AvgIpc) is 3.12. The van der Waals surface area contributed by atoms with Crippen LogP contribution in [0.15, 0.2) is 29.6 Å². The molecule has 3 atom stereocenters. The van der Waals surface area contributed by atoms with E-state index in [0.29, 0.717) is 0 Å². The predicted octanol–water partition coefficient (Wildman–Crippen LogP) is 2.94. The van der Waals surface area contributed by atoms with E-state index in [0.717, 1.165) is 29.2 Å². The van der Waals surface area contributed by atoms with Crippen molar-refractivity contribution < 1.29 is 9.84 Å². The third-order valence-corrected chi connectivity index (χ3v) is 5.47. The number of likely N-dealkylation sites (N-methyl/N-ethyl adjacent to an activating group) is 1. The predicted molar refractivity (Wildman–Crippen MR) is 87.9 cm³/mol. The molecule has 1 aliphatic carbocycles. The van der Waals surface area contributed by atoms with Crippen LogP contribution in [0.2, 0.25) is 0 Å². The molecule has 0 aliphatic heterocycles. The molecule has 5 heteroatoms. The number of hydrogen-bond acceptors (Lipinski definition) is 5. The van der Waals surface area contributed by atoms with E-state index in [-0.39, 0.29) is 12.1 Å². The van der Waals surface area contributed by atoms with Gasteiger partial charge in [-0.2, -0.15) is 0 Å². The molecule has 1 aromatic heterocycles. The Morgan fingerprint density at radius 3 is 2.95 bits per heavy atom. The van der Waals surface area contributed by atoms with E-state index < -0.39 is 6.10 Å². The molecular formula is C17H22N2O2S. The van der Waals surface area contributed by atoms with Crippen molar-refractivity contribution in [3.05, 3.63) is 51.5 Å². The molecule has 22 heavy (non-hydrogen) atoms. The number of ether oxygens (including phenoxy) is 1. The first-order chi connectivity index (χ1) is 10.6. The van der Waals surface area contributed by atoms with Gasteiger partial charge in [-0.3, -0.25) is 4.90 Å². The van der Waals surface area contributed by atoms with Gasteiger partial charge in [0.05, 0.1) is 11.8 Å². The molecule has 1 aromatic carbocycles. The lowest BCUT2D eigenvalue weighted by molar-refractivity contribution is 0.0713. The minimum Gasteiger partial charge on any atom is -0.387 e. The molecule has 0 amide bonds. The Bertz CT molecular complexity index is 643. The summed E-state index contributed by atoms with van der Waals surface area (Å²) in [6.45, 7) is 2.74. The summed E-state index contributed by atoms with van der Waals surface area (Å²) in [5.41, 5.74) is 3.35. The molecule has 0 saturated carbocycles. The molecule has 0 spiro atoms. The van der Waals surface area contributed by atoms with Crippen molar-refractivity contribution in [2.45, 2.75) is 38.1 Å². The first kappa shape index (κ1) is 15.6. The number of thiazole rings is 1. The first-order valence-electron chi connectivity index (χ1n) is 7.53. The quantitative estimate of drug-likeness (QED) is 0.921. The Morgan fingerprint density at radius 2 is 2.23 bits per heavy atom. The highest BCUT2D eigenvalue weighted by atomic mass is 32.1. The van der Waals surface area contributed by atoms with Crippen LogP contribution in [0.3, 0.4) is 0 Å². The Hall–Kier alpha value is -1.27. The summed E-state index contributed by atoms with van der Waals surface area (Å²) in [5.74, 6) is 0. The van der Waals surface area contributed by atoms with Gasteiger partial charge in [-0.15, -0.1) is 11.3 Å². The van der Waals surface area contributed by atoms with Crippen LogP contribution >= 0.6 is 11.3 Å². The highest BCUT2D eigenvalue weighted by molar-refractivity contribution is 7.09. The maximum absolute atomic E-state index is 10.5. The Labute approximate surface area is 135 Å². The van der Waals surface area contributed by atoms with E-state index in [1.807, 2.05) is 25.1 Å². The van der Waals surface area contributed by atoms with Crippen molar-refractivity contribution in [2.24, 2.45) is 0 Å². The molecule has 0 radical (unpaired) electrons. The fourth-order valence-electron chi connectivity index (χ4n) is 3.01. The topological polar surface area (TPSA) is 45.6 Å². The largest absolute Gasteiger partial charge is 0.387 e. The van der Waals surface area contributed by atoms with Gasteiger partial charge in [0, 0.05) is 25.1 Å². The molecule has 1 aliphatic rings. The molecule has 0 saturated heterocycles. The molecule has 3 rings (SSSR count). The molecule has 0 bridgehead atoms. The van der Waals surface area contributed by atoms with E-state index in [1.54, 1.807) is 18.4 Å². The van der Waals surface area contributed by atoms with Gasteiger partial charge in [-0.05, 0) is 31.5 Å². The van der Waals surface area contributed by atoms with Crippen LogP contribution in [0.1, 0.15) is 41.0 Å². The van der Waals surface area contributed by atoms with Crippen molar-refractivity contribution in [1.82, 2.24) is 9.88 Å². The summed E-state index contributed by atoms with van der Waals surface area (Å²) < 4.78 is 5.31. The molecule has 4 nitrogen and oxygen atoms in total. The molecule has 0 unspecified atom stereocenters. The van der Waals surface area contributed by atoms with Gasteiger partial charge in [0.2, 0.25) is 0 Å². The molecular weight excluding hydrogens is 296 g/mol. The van der Waals surface area contributed by atoms with Crippen molar-refractivity contribution in [2.75, 3.05) is 14.2 Å². The van der Waals surface area contributed by atoms with Crippen molar-refractivity contribution in [3.63, 3.8) is 0 Å². The molecule has 0 fully saturated rings. The Morgan fingerprint density at radius 1 is 1.45 bits per heavy atom. The van der Waals surface area contributed by atoms with Crippen LogP contribution in [-0.2, 0) is 17.7 Å². The summed E-state index contributed by atoms with van der Waals surface area (Å²) in [5, 5.41) is 13.6. The second-order valence-corrected chi connectivity index (χ2v) is 6.77. The van der Waals surface area contributed by atoms with Gasteiger partial charge in [0.25, 0.3) is 0 Å². The number of benzene rings is 1. The molecule has 1 heterocycles. The lowest BCUT2D eigenvalue weighted by Gasteiger charge is -2.26. The SMILES string of the molecule is CO[C@H](C)c1nc(CN(C)[C@H]2Cc3ccccc3[C@H]2O)cs1. The van der Waals surface area contributed by atoms with Crippen molar-refractivity contribution in [1.29, 1.82) is 0 Å². The maximum Gasteiger partial charge on any atom is 0.122 e. The summed E-state index contributed by atoms with van der Waals surface area (Å²) in [7, 11) is 3.75. The lowest BCUT2D eigenvalue weighted by atomic mass is 10.1. The van der Waals surface area contributed by atoms with Gasteiger partial charge < -0.3 is 9.84 Å². The minimum atomic E-state index is -0.419. The lowest BCUT2D eigenvalue weighted by Crippen LogP contribution is -2.34. The maximum atomic E-state index is 10.5. The first-order valence-corrected chi connectivity index (χ1v) is 8.41. The van der Waals surface area contributed by atoms with E-state index >= 15 is 0 Å². The summed E-state index contributed by atoms with van der Waals surface area (Å²) in [6.07, 6.45) is 0.502. The second kappa shape index (κ2) is 6.46. The zero-order valence-corrected chi connectivity index (χ0v) is 14.0. The van der Waals surface area contributed by atoms with E-state index in [4.69, 9.17) is 4.74 Å². The third-order valence-electron chi connectivity index (χ3n) is 4.42. The van der Waals surface area contributed by atoms with Gasteiger partial charge in [-0.1, -0.05) is 24.3 Å². The normalized spacial score (nSPS) is 22.0. The second-order valence-electron chi connectivity index (χ2n) is 5.89. The molecule has 2 aromatic rings. The van der Waals surface area contributed by atoms with Crippen LogP contribution in [-0.4, -0.2) is 35.2 Å². The fourth-order valence-corrected chi connectivity index (χ4v) is 3.85. The van der Waals surface area contributed by atoms with Gasteiger partial charge in [0.1, 0.15) is 11.1 Å². The standard InChI is InChI=1S/C17H22N2O2S/c1-11(21-3)17-18-13(10-22-17)9-19(2)15-8-12-6-4-5-7-14(12)16(15)20/h4-7,10-11,15-16,20H,8-9H2,1-3H3/t11-,15+,16-/m1/s1. The number of nitrogens with zero attached hydrogens (tertiary/aromatic N) is 2. The van der Waals surface area contributed by atoms with Crippen LogP contribution in [0.5, 0.6) is 0 Å². The van der Waals surface area contributed by atoms with Crippen molar-refractivity contribution >= 4 is 11.3 Å². The minimum absolute atomic E-state index is 0.0328. The van der Waals surface area contributed by atoms with Crippen LogP contribution in [0, 0.1) is 0 Å². The van der Waals surface area contributed by atoms with Crippen LogP contribution < -0.4 is 0 Å². The number of aromatic nitrogens is 1. The highest BCUT2D eigenvalue weighted by Crippen LogP contribution is 2.34. The number of methoxy groups -OCH3 is 1. The van der Waals surface area contributed by atoms with Crippen molar-refractivity contribution in [3.8, 4) is 0 Å². The number of aliphatic hydroxyl groups excluding tert-OH is 1. The third kappa shape index (κ3) is 2.94. The van der Waals surface area contributed by atoms with E-state index in [2.05, 4.69) is 28.4 Å².